The normalized spacial score (nSPS) is 29.9. The van der Waals surface area contributed by atoms with Crippen molar-refractivity contribution in [2.24, 2.45) is 5.92 Å². The maximum absolute atomic E-state index is 11.6. The molecule has 0 bridgehead atoms. The third-order valence-corrected chi connectivity index (χ3v) is 3.33. The molecule has 0 amide bonds. The minimum atomic E-state index is -0.319. The van der Waals surface area contributed by atoms with Gasteiger partial charge in [-0.15, -0.1) is 0 Å². The second-order valence-corrected chi connectivity index (χ2v) is 4.19. The number of ketones is 1. The number of esters is 1. The zero-order chi connectivity index (χ0) is 11.0. The summed E-state index contributed by atoms with van der Waals surface area (Å²) in [7, 11) is 3.28. The lowest BCUT2D eigenvalue weighted by molar-refractivity contribution is -0.136. The van der Waals surface area contributed by atoms with E-state index in [2.05, 4.69) is 4.74 Å². The van der Waals surface area contributed by atoms with E-state index in [1.54, 1.807) is 0 Å². The van der Waals surface area contributed by atoms with Crippen molar-refractivity contribution in [3.8, 4) is 0 Å². The summed E-state index contributed by atoms with van der Waals surface area (Å²) in [5, 5.41) is 0. The van der Waals surface area contributed by atoms with Gasteiger partial charge in [-0.2, -0.15) is 0 Å². The first kappa shape index (κ1) is 10.2. The zero-order valence-corrected chi connectivity index (χ0v) is 9.03. The lowest BCUT2D eigenvalue weighted by Crippen LogP contribution is -2.38. The molecule has 15 heavy (non-hydrogen) atoms. The maximum atomic E-state index is 11.6. The molecule has 0 radical (unpaired) electrons. The van der Waals surface area contributed by atoms with Gasteiger partial charge >= 0.3 is 5.97 Å². The summed E-state index contributed by atoms with van der Waals surface area (Å²) in [5.41, 5.74) is 0.608. The van der Waals surface area contributed by atoms with Gasteiger partial charge in [0.15, 0.2) is 0 Å². The molecule has 0 aromatic heterocycles. The van der Waals surface area contributed by atoms with Crippen LogP contribution in [0.3, 0.4) is 0 Å². The van der Waals surface area contributed by atoms with E-state index in [4.69, 9.17) is 0 Å². The van der Waals surface area contributed by atoms with Crippen LogP contribution in [0.2, 0.25) is 0 Å². The van der Waals surface area contributed by atoms with Crippen LogP contribution in [-0.4, -0.2) is 36.9 Å². The Morgan fingerprint density at radius 1 is 1.60 bits per heavy atom. The molecule has 82 valence electrons. The largest absolute Gasteiger partial charge is 0.466 e. The summed E-state index contributed by atoms with van der Waals surface area (Å²) < 4.78 is 4.68. The van der Waals surface area contributed by atoms with E-state index in [9.17, 15) is 9.59 Å². The van der Waals surface area contributed by atoms with Crippen molar-refractivity contribution >= 4 is 11.8 Å². The van der Waals surface area contributed by atoms with Gasteiger partial charge in [0.2, 0.25) is 0 Å². The number of ether oxygens (including phenoxy) is 1. The van der Waals surface area contributed by atoms with E-state index in [1.165, 1.54) is 7.11 Å². The predicted molar refractivity (Wildman–Crippen MR) is 54.0 cm³/mol. The molecule has 2 atom stereocenters. The van der Waals surface area contributed by atoms with Crippen LogP contribution in [0.25, 0.3) is 0 Å². The molecule has 0 aromatic carbocycles. The summed E-state index contributed by atoms with van der Waals surface area (Å²) in [6.07, 6.45) is 3.90. The smallest absolute Gasteiger partial charge is 0.335 e. The molecule has 1 saturated carbocycles. The van der Waals surface area contributed by atoms with Gasteiger partial charge in [-0.3, -0.25) is 4.79 Å². The summed E-state index contributed by atoms with van der Waals surface area (Å²) >= 11 is 0. The lowest BCUT2D eigenvalue weighted by Gasteiger charge is -2.32. The van der Waals surface area contributed by atoms with Gasteiger partial charge in [0.05, 0.1) is 12.7 Å². The predicted octanol–water partition coefficient (Wildman–Crippen LogP) is 0.726. The lowest BCUT2D eigenvalue weighted by atomic mass is 9.90. The molecule has 0 N–H and O–H groups in total. The van der Waals surface area contributed by atoms with Crippen LogP contribution in [0.1, 0.15) is 19.3 Å². The van der Waals surface area contributed by atoms with E-state index in [0.29, 0.717) is 18.4 Å². The third kappa shape index (κ3) is 1.64. The molecule has 0 unspecified atom stereocenters. The fourth-order valence-electron chi connectivity index (χ4n) is 2.53. The van der Waals surface area contributed by atoms with Crippen LogP contribution in [0, 0.1) is 5.92 Å². The van der Waals surface area contributed by atoms with E-state index in [0.717, 1.165) is 6.42 Å². The van der Waals surface area contributed by atoms with Crippen molar-refractivity contribution < 1.29 is 14.3 Å². The number of nitrogens with zero attached hydrogens (tertiary/aromatic N) is 1. The zero-order valence-electron chi connectivity index (χ0n) is 9.03. The van der Waals surface area contributed by atoms with E-state index in [-0.39, 0.29) is 23.7 Å². The number of hydrogen-bond acceptors (Lipinski definition) is 4. The van der Waals surface area contributed by atoms with Crippen molar-refractivity contribution in [1.29, 1.82) is 0 Å². The third-order valence-electron chi connectivity index (χ3n) is 3.33. The molecule has 1 aliphatic heterocycles. The van der Waals surface area contributed by atoms with Gasteiger partial charge in [-0.25, -0.2) is 4.79 Å². The van der Waals surface area contributed by atoms with Crippen molar-refractivity contribution in [3.63, 3.8) is 0 Å². The Balaban J connectivity index is 2.22. The Morgan fingerprint density at radius 3 is 3.00 bits per heavy atom. The molecule has 0 saturated heterocycles. The molecule has 4 heteroatoms. The van der Waals surface area contributed by atoms with Gasteiger partial charge in [0.1, 0.15) is 5.78 Å². The number of carbonyl (C=O) groups is 2. The number of fused-ring (bicyclic) bond motifs is 1. The monoisotopic (exact) mass is 209 g/mol. The highest BCUT2D eigenvalue weighted by Gasteiger charge is 2.40. The summed E-state index contributed by atoms with van der Waals surface area (Å²) in [6, 6.07) is 0.283. The SMILES string of the molecule is COC(=O)C1=CN(C)[C@H]2CCC(=O)[C@H]2C1. The molecule has 1 fully saturated rings. The summed E-state index contributed by atoms with van der Waals surface area (Å²) in [5.74, 6) is -0.0459. The molecule has 1 heterocycles. The second-order valence-electron chi connectivity index (χ2n) is 4.19. The molecule has 0 aromatic rings. The van der Waals surface area contributed by atoms with Crippen LogP contribution in [0.5, 0.6) is 0 Å². The summed E-state index contributed by atoms with van der Waals surface area (Å²) in [6.45, 7) is 0. The highest BCUT2D eigenvalue weighted by atomic mass is 16.5. The highest BCUT2D eigenvalue weighted by molar-refractivity contribution is 5.91. The Morgan fingerprint density at radius 2 is 2.33 bits per heavy atom. The Hall–Kier alpha value is -1.32. The molecular formula is C11H15NO3. The Labute approximate surface area is 88.9 Å². The van der Waals surface area contributed by atoms with Gasteiger partial charge in [0, 0.05) is 31.6 Å². The van der Waals surface area contributed by atoms with Crippen LogP contribution in [-0.2, 0) is 14.3 Å². The fourth-order valence-corrected chi connectivity index (χ4v) is 2.53. The first-order valence-electron chi connectivity index (χ1n) is 5.17. The first-order valence-corrected chi connectivity index (χ1v) is 5.17. The van der Waals surface area contributed by atoms with Crippen molar-refractivity contribution in [1.82, 2.24) is 4.90 Å². The van der Waals surface area contributed by atoms with Crippen LogP contribution < -0.4 is 0 Å². The molecule has 2 aliphatic rings. The quantitative estimate of drug-likeness (QED) is 0.597. The van der Waals surface area contributed by atoms with Gasteiger partial charge in [0.25, 0.3) is 0 Å². The molecular weight excluding hydrogens is 194 g/mol. The van der Waals surface area contributed by atoms with Crippen molar-refractivity contribution in [3.05, 3.63) is 11.8 Å². The molecule has 2 rings (SSSR count). The minimum absolute atomic E-state index is 0.00546. The first-order chi connectivity index (χ1) is 7.13. The van der Waals surface area contributed by atoms with E-state index >= 15 is 0 Å². The minimum Gasteiger partial charge on any atom is -0.466 e. The van der Waals surface area contributed by atoms with Gasteiger partial charge in [-0.05, 0) is 12.8 Å². The molecule has 4 nitrogen and oxygen atoms in total. The van der Waals surface area contributed by atoms with Gasteiger partial charge in [-0.1, -0.05) is 0 Å². The number of hydrogen-bond donors (Lipinski definition) is 0. The van der Waals surface area contributed by atoms with E-state index < -0.39 is 0 Å². The summed E-state index contributed by atoms with van der Waals surface area (Å²) in [4.78, 5) is 25.0. The molecule has 1 aliphatic carbocycles. The van der Waals surface area contributed by atoms with Crippen molar-refractivity contribution in [2.75, 3.05) is 14.2 Å². The number of methoxy groups -OCH3 is 1. The Kier molecular flexibility index (Phi) is 2.50. The van der Waals surface area contributed by atoms with Crippen LogP contribution in [0.4, 0.5) is 0 Å². The average molecular weight is 209 g/mol. The number of carbonyl (C=O) groups excluding carboxylic acids is 2. The van der Waals surface area contributed by atoms with Crippen molar-refractivity contribution in [2.45, 2.75) is 25.3 Å². The van der Waals surface area contributed by atoms with Gasteiger partial charge < -0.3 is 9.64 Å². The highest BCUT2D eigenvalue weighted by Crippen LogP contribution is 2.35. The average Bonchev–Trinajstić information content (AvgIpc) is 2.60. The molecule has 0 spiro atoms. The standard InChI is InChI=1S/C11H15NO3/c1-12-6-7(11(14)15-2)5-8-9(12)3-4-10(8)13/h6,8-9H,3-5H2,1-2H3/t8-,9-/m0/s1. The topological polar surface area (TPSA) is 46.6 Å². The number of rotatable bonds is 1. The Bertz CT molecular complexity index is 335. The van der Waals surface area contributed by atoms with Crippen LogP contribution in [0.15, 0.2) is 11.8 Å². The number of Topliss-reactive ketones (excluding diaryl/α,β-unsaturated/α-hetero) is 1. The maximum Gasteiger partial charge on any atom is 0.335 e. The second kappa shape index (κ2) is 3.68. The van der Waals surface area contributed by atoms with Crippen LogP contribution >= 0.6 is 0 Å². The fraction of sp³-hybridized carbons (Fsp3) is 0.636. The van der Waals surface area contributed by atoms with E-state index in [1.807, 2.05) is 18.1 Å².